The van der Waals surface area contributed by atoms with Crippen LogP contribution in [0.3, 0.4) is 0 Å². The molecule has 1 amide bonds. The maximum atomic E-state index is 11.1. The molecule has 1 aromatic rings. The molecule has 0 saturated carbocycles. The second kappa shape index (κ2) is 6.38. The predicted molar refractivity (Wildman–Crippen MR) is 73.0 cm³/mol. The summed E-state index contributed by atoms with van der Waals surface area (Å²) >= 11 is 0. The van der Waals surface area contributed by atoms with Gasteiger partial charge in [0.15, 0.2) is 0 Å². The summed E-state index contributed by atoms with van der Waals surface area (Å²) in [6.07, 6.45) is 2.41. The number of pyridine rings is 1. The number of carbonyl (C=O) groups is 1. The molecule has 0 aliphatic carbocycles. The van der Waals surface area contributed by atoms with E-state index >= 15 is 0 Å². The number of hydrogen-bond acceptors (Lipinski definition) is 5. The normalized spacial score (nSPS) is 19.2. The largest absolute Gasteiger partial charge is 0.453 e. The molecule has 104 valence electrons. The lowest BCUT2D eigenvalue weighted by molar-refractivity contribution is 0.166. The van der Waals surface area contributed by atoms with Crippen LogP contribution in [0.15, 0.2) is 18.3 Å². The Kier molecular flexibility index (Phi) is 4.57. The Hall–Kier alpha value is -1.82. The fourth-order valence-electron chi connectivity index (χ4n) is 2.29. The second-order valence-electron chi connectivity index (χ2n) is 4.66. The number of ether oxygens (including phenoxy) is 1. The zero-order chi connectivity index (χ0) is 13.7. The molecule has 1 aromatic heterocycles. The van der Waals surface area contributed by atoms with E-state index in [1.54, 1.807) is 6.20 Å². The molecule has 0 aromatic carbocycles. The molecule has 0 spiro atoms. The Morgan fingerprint density at radius 2 is 2.47 bits per heavy atom. The van der Waals surface area contributed by atoms with Crippen LogP contribution >= 0.6 is 0 Å². The Balaban J connectivity index is 1.85. The monoisotopic (exact) mass is 264 g/mol. The molecule has 1 aliphatic heterocycles. The molecule has 19 heavy (non-hydrogen) atoms. The quantitative estimate of drug-likeness (QED) is 0.851. The first kappa shape index (κ1) is 13.6. The van der Waals surface area contributed by atoms with Crippen LogP contribution in [0.4, 0.5) is 10.6 Å². The highest BCUT2D eigenvalue weighted by molar-refractivity contribution is 5.67. The number of nitrogens with one attached hydrogen (secondary N) is 2. The van der Waals surface area contributed by atoms with Gasteiger partial charge in [-0.05, 0) is 24.1 Å². The van der Waals surface area contributed by atoms with Gasteiger partial charge in [0.05, 0.1) is 7.11 Å². The number of alkyl carbamates (subject to hydrolysis) is 1. The van der Waals surface area contributed by atoms with E-state index in [2.05, 4.69) is 25.3 Å². The highest BCUT2D eigenvalue weighted by Crippen LogP contribution is 2.15. The van der Waals surface area contributed by atoms with Crippen molar-refractivity contribution in [2.24, 2.45) is 0 Å². The molecule has 1 aliphatic rings. The van der Waals surface area contributed by atoms with Gasteiger partial charge < -0.3 is 15.4 Å². The van der Waals surface area contributed by atoms with Crippen molar-refractivity contribution in [3.8, 4) is 0 Å². The Morgan fingerprint density at radius 3 is 3.21 bits per heavy atom. The van der Waals surface area contributed by atoms with Gasteiger partial charge in [-0.25, -0.2) is 9.78 Å². The smallest absolute Gasteiger partial charge is 0.407 e. The summed E-state index contributed by atoms with van der Waals surface area (Å²) in [7, 11) is 3.25. The molecule has 2 heterocycles. The van der Waals surface area contributed by atoms with Crippen molar-refractivity contribution in [2.75, 3.05) is 32.6 Å². The van der Waals surface area contributed by atoms with Crippen molar-refractivity contribution in [1.29, 1.82) is 0 Å². The highest BCUT2D eigenvalue weighted by Gasteiger charge is 2.23. The molecule has 1 unspecified atom stereocenters. The number of anilines is 1. The maximum absolute atomic E-state index is 11.1. The lowest BCUT2D eigenvalue weighted by Crippen LogP contribution is -2.36. The SMILES string of the molecule is CNc1cc(CN2CCC(NC(=O)OC)C2)ccn1. The van der Waals surface area contributed by atoms with Crippen LogP contribution in [-0.2, 0) is 11.3 Å². The van der Waals surface area contributed by atoms with Crippen molar-refractivity contribution in [1.82, 2.24) is 15.2 Å². The molecule has 2 N–H and O–H groups in total. The van der Waals surface area contributed by atoms with Gasteiger partial charge in [-0.15, -0.1) is 0 Å². The summed E-state index contributed by atoms with van der Waals surface area (Å²) in [5.41, 5.74) is 1.22. The summed E-state index contributed by atoms with van der Waals surface area (Å²) in [5.74, 6) is 0.876. The average Bonchev–Trinajstić information content (AvgIpc) is 2.86. The highest BCUT2D eigenvalue weighted by atomic mass is 16.5. The van der Waals surface area contributed by atoms with Crippen LogP contribution in [0, 0.1) is 0 Å². The van der Waals surface area contributed by atoms with Gasteiger partial charge in [-0.1, -0.05) is 0 Å². The van der Waals surface area contributed by atoms with Crippen molar-refractivity contribution in [3.05, 3.63) is 23.9 Å². The van der Waals surface area contributed by atoms with Crippen LogP contribution in [0.5, 0.6) is 0 Å². The summed E-state index contributed by atoms with van der Waals surface area (Å²) in [6, 6.07) is 4.24. The third kappa shape index (κ3) is 3.82. The van der Waals surface area contributed by atoms with Gasteiger partial charge in [0, 0.05) is 38.9 Å². The van der Waals surface area contributed by atoms with Gasteiger partial charge in [0.1, 0.15) is 5.82 Å². The Morgan fingerprint density at radius 1 is 1.63 bits per heavy atom. The van der Waals surface area contributed by atoms with E-state index in [0.29, 0.717) is 0 Å². The lowest BCUT2D eigenvalue weighted by atomic mass is 10.2. The third-order valence-electron chi connectivity index (χ3n) is 3.27. The molecular formula is C13H20N4O2. The average molecular weight is 264 g/mol. The van der Waals surface area contributed by atoms with Crippen LogP contribution in [0.2, 0.25) is 0 Å². The van der Waals surface area contributed by atoms with Gasteiger partial charge in [-0.2, -0.15) is 0 Å². The zero-order valence-corrected chi connectivity index (χ0v) is 11.3. The summed E-state index contributed by atoms with van der Waals surface area (Å²) in [6.45, 7) is 2.70. The molecule has 6 heteroatoms. The van der Waals surface area contributed by atoms with Gasteiger partial charge >= 0.3 is 6.09 Å². The van der Waals surface area contributed by atoms with E-state index in [9.17, 15) is 4.79 Å². The number of methoxy groups -OCH3 is 1. The minimum Gasteiger partial charge on any atom is -0.453 e. The molecule has 0 bridgehead atoms. The van der Waals surface area contributed by atoms with Crippen molar-refractivity contribution < 1.29 is 9.53 Å². The topological polar surface area (TPSA) is 66.5 Å². The van der Waals surface area contributed by atoms with Gasteiger partial charge in [0.25, 0.3) is 0 Å². The zero-order valence-electron chi connectivity index (χ0n) is 11.3. The number of hydrogen-bond donors (Lipinski definition) is 2. The molecule has 2 rings (SSSR count). The van der Waals surface area contributed by atoms with E-state index < -0.39 is 0 Å². The fourth-order valence-corrected chi connectivity index (χ4v) is 2.29. The number of likely N-dealkylation sites (tertiary alicyclic amines) is 1. The molecule has 1 fully saturated rings. The number of amides is 1. The van der Waals surface area contributed by atoms with E-state index in [1.165, 1.54) is 12.7 Å². The van der Waals surface area contributed by atoms with E-state index in [0.717, 1.165) is 31.9 Å². The first-order chi connectivity index (χ1) is 9.21. The Labute approximate surface area is 113 Å². The van der Waals surface area contributed by atoms with Crippen LogP contribution in [-0.4, -0.2) is 49.3 Å². The van der Waals surface area contributed by atoms with Crippen molar-refractivity contribution in [2.45, 2.75) is 19.0 Å². The molecular weight excluding hydrogens is 244 g/mol. The van der Waals surface area contributed by atoms with Gasteiger partial charge in [0.2, 0.25) is 0 Å². The summed E-state index contributed by atoms with van der Waals surface area (Å²) in [5, 5.41) is 5.87. The molecule has 1 atom stereocenters. The minimum absolute atomic E-state index is 0.179. The molecule has 6 nitrogen and oxygen atoms in total. The first-order valence-corrected chi connectivity index (χ1v) is 6.41. The molecule has 0 radical (unpaired) electrons. The number of carbonyl (C=O) groups excluding carboxylic acids is 1. The van der Waals surface area contributed by atoms with E-state index in [1.807, 2.05) is 19.2 Å². The maximum Gasteiger partial charge on any atom is 0.407 e. The summed E-state index contributed by atoms with van der Waals surface area (Å²) in [4.78, 5) is 17.7. The second-order valence-corrected chi connectivity index (χ2v) is 4.66. The standard InChI is InChI=1S/C13H20N4O2/c1-14-12-7-10(3-5-15-12)8-17-6-4-11(9-17)16-13(18)19-2/h3,5,7,11H,4,6,8-9H2,1-2H3,(H,14,15)(H,16,18). The summed E-state index contributed by atoms with van der Waals surface area (Å²) < 4.78 is 4.61. The lowest BCUT2D eigenvalue weighted by Gasteiger charge is -2.16. The minimum atomic E-state index is -0.353. The van der Waals surface area contributed by atoms with E-state index in [-0.39, 0.29) is 12.1 Å². The number of aromatic nitrogens is 1. The fraction of sp³-hybridized carbons (Fsp3) is 0.538. The van der Waals surface area contributed by atoms with Crippen molar-refractivity contribution >= 4 is 11.9 Å². The van der Waals surface area contributed by atoms with Crippen molar-refractivity contribution in [3.63, 3.8) is 0 Å². The predicted octanol–water partition coefficient (Wildman–Crippen LogP) is 1.05. The van der Waals surface area contributed by atoms with Crippen LogP contribution in [0.1, 0.15) is 12.0 Å². The van der Waals surface area contributed by atoms with Gasteiger partial charge in [-0.3, -0.25) is 4.90 Å². The Bertz CT molecular complexity index is 438. The van der Waals surface area contributed by atoms with E-state index in [4.69, 9.17) is 0 Å². The van der Waals surface area contributed by atoms with Crippen LogP contribution in [0.25, 0.3) is 0 Å². The molecule has 1 saturated heterocycles. The number of rotatable bonds is 4. The number of nitrogens with zero attached hydrogens (tertiary/aromatic N) is 2. The van der Waals surface area contributed by atoms with Crippen LogP contribution < -0.4 is 10.6 Å². The third-order valence-corrected chi connectivity index (χ3v) is 3.27. The first-order valence-electron chi connectivity index (χ1n) is 6.41.